The summed E-state index contributed by atoms with van der Waals surface area (Å²) in [7, 11) is 0. The molecule has 0 aromatic heterocycles. The summed E-state index contributed by atoms with van der Waals surface area (Å²) >= 11 is 0. The molecule has 7 heteroatoms. The highest BCUT2D eigenvalue weighted by Gasteiger charge is 2.37. The molecule has 0 unspecified atom stereocenters. The molecule has 2 aliphatic rings. The normalized spacial score (nSPS) is 29.1. The van der Waals surface area contributed by atoms with Crippen molar-refractivity contribution in [2.75, 3.05) is 6.54 Å². The molecule has 3 N–H and O–H groups in total. The lowest BCUT2D eigenvalue weighted by molar-refractivity contribution is -0.132. The van der Waals surface area contributed by atoms with Crippen LogP contribution in [0.5, 0.6) is 0 Å². The fourth-order valence-electron chi connectivity index (χ4n) is 5.18. The van der Waals surface area contributed by atoms with E-state index in [1.807, 2.05) is 44.2 Å². The molecule has 7 nitrogen and oxygen atoms in total. The van der Waals surface area contributed by atoms with Crippen molar-refractivity contribution < 1.29 is 14.4 Å². The Bertz CT molecular complexity index is 880. The number of hydrogen-bond acceptors (Lipinski definition) is 4. The average Bonchev–Trinajstić information content (AvgIpc) is 3.15. The molecule has 5 atom stereocenters. The molecular formula is C27H38N4O3. The van der Waals surface area contributed by atoms with Crippen molar-refractivity contribution in [2.45, 2.75) is 77.3 Å². The molecule has 3 rings (SSSR count). The van der Waals surface area contributed by atoms with Crippen LogP contribution in [0.15, 0.2) is 30.3 Å². The maximum Gasteiger partial charge on any atom is 0.243 e. The zero-order chi connectivity index (χ0) is 24.5. The molecule has 0 bridgehead atoms. The van der Waals surface area contributed by atoms with Gasteiger partial charge >= 0.3 is 0 Å². The monoisotopic (exact) mass is 466 g/mol. The molecule has 34 heavy (non-hydrogen) atoms. The largest absolute Gasteiger partial charge is 0.356 e. The average molecular weight is 467 g/mol. The smallest absolute Gasteiger partial charge is 0.243 e. The third-order valence-electron chi connectivity index (χ3n) is 7.07. The zero-order valence-corrected chi connectivity index (χ0v) is 20.4. The minimum absolute atomic E-state index is 0.0289. The van der Waals surface area contributed by atoms with E-state index in [-0.39, 0.29) is 41.4 Å². The highest BCUT2D eigenvalue weighted by atomic mass is 16.2. The van der Waals surface area contributed by atoms with Gasteiger partial charge < -0.3 is 16.0 Å². The van der Waals surface area contributed by atoms with Crippen LogP contribution in [0.2, 0.25) is 0 Å². The van der Waals surface area contributed by atoms with E-state index >= 15 is 0 Å². The van der Waals surface area contributed by atoms with Gasteiger partial charge in [-0.25, -0.2) is 0 Å². The number of nitriles is 1. The van der Waals surface area contributed by atoms with E-state index < -0.39 is 12.1 Å². The number of nitrogens with zero attached hydrogens (tertiary/aromatic N) is 1. The van der Waals surface area contributed by atoms with Crippen molar-refractivity contribution in [3.05, 3.63) is 35.9 Å². The summed E-state index contributed by atoms with van der Waals surface area (Å²) in [5, 5.41) is 18.5. The van der Waals surface area contributed by atoms with Gasteiger partial charge in [0.05, 0.1) is 6.07 Å². The van der Waals surface area contributed by atoms with Crippen molar-refractivity contribution in [1.29, 1.82) is 5.26 Å². The summed E-state index contributed by atoms with van der Waals surface area (Å²) in [6.07, 6.45) is 5.97. The third kappa shape index (κ3) is 7.31. The standard InChI is InChI=1S/C27H38N4O3/c1-18(2)13-24-27(34)30-22(16-28)15-23-21(17-29-26(23)33)12-8-4-7-11-20(25(32)31-24)14-19-9-5-3-6-10-19/h3,5-6,9-10,18,20-24H,4,7-8,11-15,17H2,1-2H3,(H,29,33)(H,30,34)(H,31,32)/t20-,21-,22+,23-,24+/m1/s1. The quantitative estimate of drug-likeness (QED) is 0.633. The number of carbonyl (C=O) groups excluding carboxylic acids is 3. The maximum atomic E-state index is 13.3. The Morgan fingerprint density at radius 3 is 2.41 bits per heavy atom. The summed E-state index contributed by atoms with van der Waals surface area (Å²) in [5.41, 5.74) is 1.10. The van der Waals surface area contributed by atoms with Gasteiger partial charge in [-0.1, -0.05) is 63.4 Å². The topological polar surface area (TPSA) is 111 Å². The number of carbonyl (C=O) groups is 3. The van der Waals surface area contributed by atoms with Crippen molar-refractivity contribution in [3.63, 3.8) is 0 Å². The first-order valence-electron chi connectivity index (χ1n) is 12.7. The van der Waals surface area contributed by atoms with Gasteiger partial charge in [0.1, 0.15) is 12.1 Å². The highest BCUT2D eigenvalue weighted by Crippen LogP contribution is 2.28. The van der Waals surface area contributed by atoms with E-state index in [9.17, 15) is 19.6 Å². The maximum absolute atomic E-state index is 13.3. The molecule has 0 spiro atoms. The van der Waals surface area contributed by atoms with Crippen molar-refractivity contribution >= 4 is 17.7 Å². The minimum Gasteiger partial charge on any atom is -0.356 e. The Kier molecular flexibility index (Phi) is 9.50. The molecule has 2 fully saturated rings. The summed E-state index contributed by atoms with van der Waals surface area (Å²) < 4.78 is 0. The summed E-state index contributed by atoms with van der Waals surface area (Å²) in [4.78, 5) is 38.9. The van der Waals surface area contributed by atoms with E-state index in [0.717, 1.165) is 37.7 Å². The van der Waals surface area contributed by atoms with Gasteiger partial charge in [-0.15, -0.1) is 0 Å². The molecule has 1 aromatic rings. The second-order valence-electron chi connectivity index (χ2n) is 10.3. The van der Waals surface area contributed by atoms with Gasteiger partial charge in [-0.3, -0.25) is 14.4 Å². The second-order valence-corrected chi connectivity index (χ2v) is 10.3. The first-order valence-corrected chi connectivity index (χ1v) is 12.7. The SMILES string of the molecule is CC(C)C[C@@H]1NC(=O)[C@@H](Cc2ccccc2)CCCCC[C@@H]2CNC(=O)[C@@H]2C[C@@H](C#N)NC1=O. The Morgan fingerprint density at radius 1 is 0.971 bits per heavy atom. The van der Waals surface area contributed by atoms with Crippen LogP contribution >= 0.6 is 0 Å². The van der Waals surface area contributed by atoms with Crippen LogP contribution in [0.1, 0.15) is 64.4 Å². The number of fused-ring (bicyclic) bond motifs is 1. The molecule has 0 saturated carbocycles. The number of amides is 3. The van der Waals surface area contributed by atoms with Gasteiger partial charge in [-0.05, 0) is 49.5 Å². The van der Waals surface area contributed by atoms with Crippen molar-refractivity contribution in [3.8, 4) is 6.07 Å². The van der Waals surface area contributed by atoms with E-state index in [1.165, 1.54) is 0 Å². The van der Waals surface area contributed by atoms with E-state index in [0.29, 0.717) is 25.8 Å². The Labute approximate surface area is 203 Å². The van der Waals surface area contributed by atoms with E-state index in [4.69, 9.17) is 0 Å². The summed E-state index contributed by atoms with van der Waals surface area (Å²) in [6, 6.07) is 10.7. The molecule has 2 saturated heterocycles. The van der Waals surface area contributed by atoms with Gasteiger partial charge in [0.15, 0.2) is 0 Å². The molecule has 0 aliphatic carbocycles. The van der Waals surface area contributed by atoms with Gasteiger partial charge in [0, 0.05) is 18.4 Å². The Morgan fingerprint density at radius 2 is 1.71 bits per heavy atom. The Hall–Kier alpha value is -2.88. The lowest BCUT2D eigenvalue weighted by Gasteiger charge is -2.25. The van der Waals surface area contributed by atoms with Crippen LogP contribution in [0.4, 0.5) is 0 Å². The fraction of sp³-hybridized carbons (Fsp3) is 0.630. The van der Waals surface area contributed by atoms with Crippen LogP contribution in [0, 0.1) is 35.0 Å². The fourth-order valence-corrected chi connectivity index (χ4v) is 5.18. The molecule has 0 radical (unpaired) electrons. The van der Waals surface area contributed by atoms with Crippen molar-refractivity contribution in [2.24, 2.45) is 23.7 Å². The van der Waals surface area contributed by atoms with Crippen LogP contribution < -0.4 is 16.0 Å². The second kappa shape index (κ2) is 12.5. The van der Waals surface area contributed by atoms with E-state index in [1.54, 1.807) is 0 Å². The molecule has 184 valence electrons. The lowest BCUT2D eigenvalue weighted by Crippen LogP contribution is -2.51. The predicted octanol–water partition coefficient (Wildman–Crippen LogP) is 3.10. The molecule has 2 aliphatic heterocycles. The van der Waals surface area contributed by atoms with Crippen LogP contribution in [-0.4, -0.2) is 36.3 Å². The van der Waals surface area contributed by atoms with Crippen LogP contribution in [0.3, 0.4) is 0 Å². The van der Waals surface area contributed by atoms with E-state index in [2.05, 4.69) is 22.0 Å². The molecule has 2 heterocycles. The number of rotatable bonds is 4. The number of hydrogen-bond donors (Lipinski definition) is 3. The predicted molar refractivity (Wildman–Crippen MR) is 130 cm³/mol. The summed E-state index contributed by atoms with van der Waals surface area (Å²) in [6.45, 7) is 4.64. The first kappa shape index (κ1) is 25.7. The third-order valence-corrected chi connectivity index (χ3v) is 7.07. The zero-order valence-electron chi connectivity index (χ0n) is 20.4. The van der Waals surface area contributed by atoms with Crippen LogP contribution in [0.25, 0.3) is 0 Å². The lowest BCUT2D eigenvalue weighted by atomic mass is 9.85. The van der Waals surface area contributed by atoms with Crippen LogP contribution in [-0.2, 0) is 20.8 Å². The van der Waals surface area contributed by atoms with Crippen molar-refractivity contribution in [1.82, 2.24) is 16.0 Å². The molecular weight excluding hydrogens is 428 g/mol. The molecule has 1 aromatic carbocycles. The van der Waals surface area contributed by atoms with Gasteiger partial charge in [0.2, 0.25) is 17.7 Å². The Balaban J connectivity index is 1.81. The summed E-state index contributed by atoms with van der Waals surface area (Å²) in [5.74, 6) is -0.601. The highest BCUT2D eigenvalue weighted by molar-refractivity contribution is 5.89. The first-order chi connectivity index (χ1) is 16.4. The number of benzene rings is 1. The van der Waals surface area contributed by atoms with Gasteiger partial charge in [-0.2, -0.15) is 5.26 Å². The minimum atomic E-state index is -0.763. The molecule has 3 amide bonds. The van der Waals surface area contributed by atoms with Gasteiger partial charge in [0.25, 0.3) is 0 Å². The number of nitrogens with one attached hydrogen (secondary N) is 3.